The molecule has 1 N–H and O–H groups in total. The van der Waals surface area contributed by atoms with Crippen LogP contribution in [0.5, 0.6) is 5.75 Å². The molecule has 1 aromatic rings. The van der Waals surface area contributed by atoms with Crippen molar-refractivity contribution in [3.63, 3.8) is 0 Å². The highest BCUT2D eigenvalue weighted by Gasteiger charge is 2.39. The Kier molecular flexibility index (Phi) is 6.66. The fourth-order valence-corrected chi connectivity index (χ4v) is 3.32. The number of nitrogens with zero attached hydrogens (tertiary/aromatic N) is 1. The van der Waals surface area contributed by atoms with Gasteiger partial charge in [-0.25, -0.2) is 14.4 Å². The summed E-state index contributed by atoms with van der Waals surface area (Å²) in [7, 11) is 0. The molecule has 0 bridgehead atoms. The van der Waals surface area contributed by atoms with Crippen LogP contribution in [0.3, 0.4) is 0 Å². The minimum Gasteiger partial charge on any atom is -0.486 e. The van der Waals surface area contributed by atoms with E-state index in [2.05, 4.69) is 5.32 Å². The van der Waals surface area contributed by atoms with Gasteiger partial charge >= 0.3 is 18.0 Å². The number of carbonyl (C=O) groups excluding carboxylic acids is 3. The molecule has 0 spiro atoms. The van der Waals surface area contributed by atoms with Crippen molar-refractivity contribution in [3.8, 4) is 5.75 Å². The van der Waals surface area contributed by atoms with Crippen molar-refractivity contribution in [1.29, 1.82) is 0 Å². The van der Waals surface area contributed by atoms with Crippen molar-refractivity contribution in [2.75, 3.05) is 18.4 Å². The van der Waals surface area contributed by atoms with Crippen molar-refractivity contribution in [1.82, 2.24) is 4.90 Å². The number of carbonyl (C=O) groups is 3. The number of rotatable bonds is 4. The van der Waals surface area contributed by atoms with E-state index in [1.165, 1.54) is 20.0 Å². The third-order valence-corrected chi connectivity index (χ3v) is 4.70. The van der Waals surface area contributed by atoms with Gasteiger partial charge in [-0.2, -0.15) is 0 Å². The highest BCUT2D eigenvalue weighted by Crippen LogP contribution is 2.29. The van der Waals surface area contributed by atoms with Gasteiger partial charge in [-0.15, -0.1) is 0 Å². The zero-order valence-corrected chi connectivity index (χ0v) is 19.1. The maximum atomic E-state index is 12.4. The van der Waals surface area contributed by atoms with E-state index in [0.717, 1.165) is 12.8 Å². The lowest BCUT2D eigenvalue weighted by Crippen LogP contribution is -2.46. The summed E-state index contributed by atoms with van der Waals surface area (Å²) < 4.78 is 21.8. The molecule has 2 saturated heterocycles. The Morgan fingerprint density at radius 2 is 1.84 bits per heavy atom. The van der Waals surface area contributed by atoms with Gasteiger partial charge in [0.2, 0.25) is 0 Å². The molecule has 2 fully saturated rings. The van der Waals surface area contributed by atoms with Crippen LogP contribution in [0, 0.1) is 0 Å². The van der Waals surface area contributed by atoms with E-state index in [4.69, 9.17) is 18.9 Å². The second-order valence-corrected chi connectivity index (χ2v) is 9.19. The lowest BCUT2D eigenvalue weighted by Gasteiger charge is -2.34. The number of benzene rings is 1. The quantitative estimate of drug-likeness (QED) is 0.425. The number of amides is 1. The van der Waals surface area contributed by atoms with Crippen LogP contribution >= 0.6 is 0 Å². The number of piperidine rings is 1. The Hall–Kier alpha value is -3.23. The smallest absolute Gasteiger partial charge is 0.410 e. The zero-order valence-electron chi connectivity index (χ0n) is 19.1. The van der Waals surface area contributed by atoms with Crippen LogP contribution in [0.1, 0.15) is 47.5 Å². The first-order valence-corrected chi connectivity index (χ1v) is 10.6. The second kappa shape index (κ2) is 9.10. The molecule has 2 heterocycles. The van der Waals surface area contributed by atoms with Crippen molar-refractivity contribution < 1.29 is 33.3 Å². The lowest BCUT2D eigenvalue weighted by atomic mass is 10.1. The summed E-state index contributed by atoms with van der Waals surface area (Å²) in [6.07, 6.45) is 2.23. The van der Waals surface area contributed by atoms with Gasteiger partial charge in [0.05, 0.1) is 12.2 Å². The monoisotopic (exact) mass is 446 g/mol. The molecule has 32 heavy (non-hydrogen) atoms. The highest BCUT2D eigenvalue weighted by atomic mass is 16.7. The average molecular weight is 447 g/mol. The van der Waals surface area contributed by atoms with Gasteiger partial charge in [0.15, 0.2) is 5.57 Å². The molecule has 1 aromatic carbocycles. The number of cyclic esters (lactones) is 2. The van der Waals surface area contributed by atoms with E-state index in [1.807, 2.05) is 26.8 Å². The number of hydrogen-bond acceptors (Lipinski definition) is 8. The Morgan fingerprint density at radius 1 is 1.19 bits per heavy atom. The molecule has 1 atom stereocenters. The first-order chi connectivity index (χ1) is 14.9. The number of ether oxygens (including phenoxy) is 4. The topological polar surface area (TPSA) is 103 Å². The third kappa shape index (κ3) is 6.15. The van der Waals surface area contributed by atoms with Crippen LogP contribution in [0.25, 0.3) is 0 Å². The van der Waals surface area contributed by atoms with Crippen molar-refractivity contribution in [3.05, 3.63) is 36.0 Å². The summed E-state index contributed by atoms with van der Waals surface area (Å²) in [6.45, 7) is 9.48. The Labute approximate surface area is 187 Å². The summed E-state index contributed by atoms with van der Waals surface area (Å²) >= 11 is 0. The molecule has 9 heteroatoms. The van der Waals surface area contributed by atoms with Crippen molar-refractivity contribution in [2.45, 2.75) is 65.0 Å². The largest absolute Gasteiger partial charge is 0.486 e. The van der Waals surface area contributed by atoms with E-state index >= 15 is 0 Å². The highest BCUT2D eigenvalue weighted by molar-refractivity contribution is 6.15. The predicted molar refractivity (Wildman–Crippen MR) is 116 cm³/mol. The number of esters is 2. The molecule has 2 aliphatic rings. The first kappa shape index (κ1) is 23.4. The Morgan fingerprint density at radius 3 is 2.50 bits per heavy atom. The molecule has 0 aliphatic carbocycles. The van der Waals surface area contributed by atoms with Gasteiger partial charge in [-0.1, -0.05) is 12.1 Å². The van der Waals surface area contributed by atoms with Crippen molar-refractivity contribution >= 4 is 23.7 Å². The van der Waals surface area contributed by atoms with Crippen LogP contribution < -0.4 is 10.1 Å². The van der Waals surface area contributed by atoms with E-state index < -0.39 is 23.3 Å². The van der Waals surface area contributed by atoms with Gasteiger partial charge in [-0.05, 0) is 45.7 Å². The molecule has 0 saturated carbocycles. The molecule has 0 radical (unpaired) electrons. The number of hydrogen-bond donors (Lipinski definition) is 1. The summed E-state index contributed by atoms with van der Waals surface area (Å²) in [5, 5.41) is 2.93. The summed E-state index contributed by atoms with van der Waals surface area (Å²) in [5.74, 6) is -2.30. The summed E-state index contributed by atoms with van der Waals surface area (Å²) in [6, 6.07) is 7.13. The summed E-state index contributed by atoms with van der Waals surface area (Å²) in [5.41, 5.74) is -0.251. The van der Waals surface area contributed by atoms with Crippen LogP contribution in [0.2, 0.25) is 0 Å². The van der Waals surface area contributed by atoms with E-state index in [0.29, 0.717) is 24.5 Å². The first-order valence-electron chi connectivity index (χ1n) is 10.6. The Balaban J connectivity index is 1.67. The van der Waals surface area contributed by atoms with E-state index in [1.54, 1.807) is 23.1 Å². The number of nitrogens with one attached hydrogen (secondary N) is 1. The van der Waals surface area contributed by atoms with Crippen LogP contribution in [0.4, 0.5) is 10.5 Å². The van der Waals surface area contributed by atoms with Gasteiger partial charge in [0.25, 0.3) is 5.79 Å². The van der Waals surface area contributed by atoms with E-state index in [-0.39, 0.29) is 17.8 Å². The van der Waals surface area contributed by atoms with Crippen molar-refractivity contribution in [2.24, 2.45) is 0 Å². The van der Waals surface area contributed by atoms with Crippen LogP contribution in [-0.4, -0.2) is 53.5 Å². The second-order valence-electron chi connectivity index (χ2n) is 9.19. The Bertz CT molecular complexity index is 895. The molecule has 3 rings (SSSR count). The molecular weight excluding hydrogens is 416 g/mol. The van der Waals surface area contributed by atoms with Crippen LogP contribution in [-0.2, 0) is 23.8 Å². The minimum absolute atomic E-state index is 0.225. The molecule has 1 unspecified atom stereocenters. The number of likely N-dealkylation sites (tertiary alicyclic amines) is 1. The van der Waals surface area contributed by atoms with E-state index in [9.17, 15) is 14.4 Å². The lowest BCUT2D eigenvalue weighted by molar-refractivity contribution is -0.222. The van der Waals surface area contributed by atoms with Gasteiger partial charge in [0, 0.05) is 26.6 Å². The average Bonchev–Trinajstić information content (AvgIpc) is 2.66. The number of para-hydroxylation sites is 2. The maximum absolute atomic E-state index is 12.4. The molecule has 9 nitrogen and oxygen atoms in total. The normalized spacial score (nSPS) is 20.7. The minimum atomic E-state index is -1.30. The fourth-order valence-electron chi connectivity index (χ4n) is 3.32. The third-order valence-electron chi connectivity index (χ3n) is 4.70. The molecular formula is C23H30N2O7. The van der Waals surface area contributed by atoms with Crippen LogP contribution in [0.15, 0.2) is 36.0 Å². The van der Waals surface area contributed by atoms with Gasteiger partial charge in [0.1, 0.15) is 17.5 Å². The molecule has 2 aliphatic heterocycles. The molecule has 1 amide bonds. The molecule has 0 aromatic heterocycles. The van der Waals surface area contributed by atoms with Gasteiger partial charge < -0.3 is 29.2 Å². The maximum Gasteiger partial charge on any atom is 0.410 e. The number of anilines is 1. The van der Waals surface area contributed by atoms with Gasteiger partial charge in [-0.3, -0.25) is 0 Å². The summed E-state index contributed by atoms with van der Waals surface area (Å²) in [4.78, 5) is 38.3. The SMILES string of the molecule is CC(C)(C)OC(=O)N1CCCC(Oc2ccccc2NC=C2C(=O)OC(C)(C)OC2=O)C1. The zero-order chi connectivity index (χ0) is 23.5. The predicted octanol–water partition coefficient (Wildman–Crippen LogP) is 3.60. The fraction of sp³-hybridized carbons (Fsp3) is 0.522. The standard InChI is InChI=1S/C23H30N2O7/c1-22(2,3)32-21(28)25-12-8-9-15(14-25)29-18-11-7-6-10-17(18)24-13-16-19(26)30-23(4,5)31-20(16)27/h6-7,10-11,13,15,24H,8-9,12,14H2,1-5H3. The molecule has 174 valence electrons.